The highest BCUT2D eigenvalue weighted by Crippen LogP contribution is 2.23. The standard InChI is InChI=1S/C11H5BrClFO2/c12-6-1-2-9(14)8(5-6)10(15)7-3-4-16-11(7)13/h1-5H. The summed E-state index contributed by atoms with van der Waals surface area (Å²) in [7, 11) is 0. The number of benzene rings is 1. The largest absolute Gasteiger partial charge is 0.452 e. The van der Waals surface area contributed by atoms with Crippen LogP contribution in [0.5, 0.6) is 0 Å². The minimum Gasteiger partial charge on any atom is -0.452 e. The van der Waals surface area contributed by atoms with E-state index in [9.17, 15) is 9.18 Å². The number of hydrogen-bond acceptors (Lipinski definition) is 2. The van der Waals surface area contributed by atoms with Crippen LogP contribution in [0.1, 0.15) is 15.9 Å². The average molecular weight is 304 g/mol. The Kier molecular flexibility index (Phi) is 3.12. The predicted molar refractivity (Wildman–Crippen MR) is 61.3 cm³/mol. The van der Waals surface area contributed by atoms with E-state index in [-0.39, 0.29) is 16.3 Å². The molecule has 0 fully saturated rings. The Morgan fingerprint density at radius 2 is 2.06 bits per heavy atom. The van der Waals surface area contributed by atoms with E-state index in [0.29, 0.717) is 4.47 Å². The lowest BCUT2D eigenvalue weighted by Gasteiger charge is -2.01. The van der Waals surface area contributed by atoms with Gasteiger partial charge in [0.1, 0.15) is 5.82 Å². The smallest absolute Gasteiger partial charge is 0.204 e. The summed E-state index contributed by atoms with van der Waals surface area (Å²) in [6.07, 6.45) is 1.28. The van der Waals surface area contributed by atoms with E-state index in [1.54, 1.807) is 0 Å². The van der Waals surface area contributed by atoms with Crippen molar-refractivity contribution in [3.63, 3.8) is 0 Å². The van der Waals surface area contributed by atoms with Gasteiger partial charge in [0.15, 0.2) is 0 Å². The molecular formula is C11H5BrClFO2. The second kappa shape index (κ2) is 4.39. The highest BCUT2D eigenvalue weighted by atomic mass is 79.9. The normalized spacial score (nSPS) is 10.4. The Bertz CT molecular complexity index is 551. The SMILES string of the molecule is O=C(c1cc(Br)ccc1F)c1ccoc1Cl. The molecular weight excluding hydrogens is 298 g/mol. The monoisotopic (exact) mass is 302 g/mol. The van der Waals surface area contributed by atoms with Gasteiger partial charge in [-0.2, -0.15) is 0 Å². The number of carbonyl (C=O) groups excluding carboxylic acids is 1. The van der Waals surface area contributed by atoms with Crippen molar-refractivity contribution in [1.29, 1.82) is 0 Å². The maximum Gasteiger partial charge on any atom is 0.204 e. The second-order valence-corrected chi connectivity index (χ2v) is 4.32. The van der Waals surface area contributed by atoms with Crippen LogP contribution in [0.15, 0.2) is 39.4 Å². The van der Waals surface area contributed by atoms with Gasteiger partial charge in [-0.15, -0.1) is 0 Å². The zero-order valence-corrected chi connectivity index (χ0v) is 10.2. The van der Waals surface area contributed by atoms with Gasteiger partial charge in [-0.1, -0.05) is 15.9 Å². The molecule has 0 amide bonds. The highest BCUT2D eigenvalue weighted by Gasteiger charge is 2.18. The summed E-state index contributed by atoms with van der Waals surface area (Å²) in [5.41, 5.74) is 0.108. The van der Waals surface area contributed by atoms with Gasteiger partial charge in [-0.25, -0.2) is 4.39 Å². The van der Waals surface area contributed by atoms with E-state index in [2.05, 4.69) is 15.9 Å². The van der Waals surface area contributed by atoms with Gasteiger partial charge >= 0.3 is 0 Å². The first-order valence-corrected chi connectivity index (χ1v) is 5.49. The molecule has 0 aliphatic heterocycles. The summed E-state index contributed by atoms with van der Waals surface area (Å²) >= 11 is 8.83. The van der Waals surface area contributed by atoms with E-state index >= 15 is 0 Å². The average Bonchev–Trinajstić information content (AvgIpc) is 2.67. The van der Waals surface area contributed by atoms with E-state index in [4.69, 9.17) is 16.0 Å². The summed E-state index contributed by atoms with van der Waals surface area (Å²) in [6, 6.07) is 5.54. The zero-order valence-electron chi connectivity index (χ0n) is 7.84. The Morgan fingerprint density at radius 3 is 2.69 bits per heavy atom. The molecule has 0 aliphatic rings. The van der Waals surface area contributed by atoms with Crippen LogP contribution in [-0.2, 0) is 0 Å². The Hall–Kier alpha value is -1.13. The first kappa shape index (κ1) is 11.4. The molecule has 1 aromatic heterocycles. The fourth-order valence-corrected chi connectivity index (χ4v) is 1.83. The summed E-state index contributed by atoms with van der Waals surface area (Å²) in [5.74, 6) is -1.09. The molecule has 2 rings (SSSR count). The molecule has 1 heterocycles. The van der Waals surface area contributed by atoms with Crippen LogP contribution in [0.4, 0.5) is 4.39 Å². The lowest BCUT2D eigenvalue weighted by molar-refractivity contribution is 0.103. The van der Waals surface area contributed by atoms with Crippen LogP contribution < -0.4 is 0 Å². The minimum atomic E-state index is -0.592. The maximum absolute atomic E-state index is 13.4. The van der Waals surface area contributed by atoms with E-state index < -0.39 is 11.6 Å². The van der Waals surface area contributed by atoms with Crippen molar-refractivity contribution in [2.24, 2.45) is 0 Å². The van der Waals surface area contributed by atoms with Crippen molar-refractivity contribution >= 4 is 33.3 Å². The van der Waals surface area contributed by atoms with Gasteiger partial charge in [-0.05, 0) is 35.9 Å². The number of halogens is 3. The van der Waals surface area contributed by atoms with E-state index in [0.717, 1.165) is 0 Å². The minimum absolute atomic E-state index is 0.0376. The molecule has 1 aromatic carbocycles. The first-order valence-electron chi connectivity index (χ1n) is 4.32. The summed E-state index contributed by atoms with van der Waals surface area (Å²) in [5, 5.41) is -0.0376. The lowest BCUT2D eigenvalue weighted by Crippen LogP contribution is -2.03. The molecule has 16 heavy (non-hydrogen) atoms. The third kappa shape index (κ3) is 2.03. The first-order chi connectivity index (χ1) is 7.59. The van der Waals surface area contributed by atoms with Crippen LogP contribution in [0.3, 0.4) is 0 Å². The molecule has 0 aliphatic carbocycles. The summed E-state index contributed by atoms with van der Waals surface area (Å²) in [4.78, 5) is 11.9. The fourth-order valence-electron chi connectivity index (χ4n) is 1.27. The molecule has 0 atom stereocenters. The number of hydrogen-bond donors (Lipinski definition) is 0. The van der Waals surface area contributed by atoms with E-state index in [1.165, 1.54) is 30.5 Å². The van der Waals surface area contributed by atoms with Crippen molar-refractivity contribution in [2.75, 3.05) is 0 Å². The Balaban J connectivity index is 2.49. The third-order valence-corrected chi connectivity index (χ3v) is 2.82. The van der Waals surface area contributed by atoms with Crippen molar-refractivity contribution in [3.05, 3.63) is 57.2 Å². The van der Waals surface area contributed by atoms with Gasteiger partial charge in [0.25, 0.3) is 0 Å². The molecule has 0 bridgehead atoms. The highest BCUT2D eigenvalue weighted by molar-refractivity contribution is 9.10. The number of furan rings is 1. The summed E-state index contributed by atoms with van der Waals surface area (Å²) < 4.78 is 18.8. The fraction of sp³-hybridized carbons (Fsp3) is 0. The molecule has 5 heteroatoms. The molecule has 0 unspecified atom stereocenters. The number of rotatable bonds is 2. The molecule has 0 radical (unpaired) electrons. The van der Waals surface area contributed by atoms with Crippen molar-refractivity contribution < 1.29 is 13.6 Å². The van der Waals surface area contributed by atoms with Gasteiger partial charge in [0.2, 0.25) is 11.0 Å². The second-order valence-electron chi connectivity index (χ2n) is 3.06. The quantitative estimate of drug-likeness (QED) is 0.783. The molecule has 2 aromatic rings. The Labute approximate surface area is 104 Å². The molecule has 0 N–H and O–H groups in total. The Morgan fingerprint density at radius 1 is 1.31 bits per heavy atom. The molecule has 0 saturated carbocycles. The van der Waals surface area contributed by atoms with Crippen molar-refractivity contribution in [1.82, 2.24) is 0 Å². The van der Waals surface area contributed by atoms with Gasteiger partial charge in [-0.3, -0.25) is 4.79 Å². The third-order valence-electron chi connectivity index (χ3n) is 2.04. The van der Waals surface area contributed by atoms with Crippen LogP contribution >= 0.6 is 27.5 Å². The van der Waals surface area contributed by atoms with Gasteiger partial charge < -0.3 is 4.42 Å². The lowest BCUT2D eigenvalue weighted by atomic mass is 10.1. The number of carbonyl (C=O) groups is 1. The van der Waals surface area contributed by atoms with Crippen LogP contribution in [0.2, 0.25) is 5.22 Å². The topological polar surface area (TPSA) is 30.2 Å². The zero-order chi connectivity index (χ0) is 11.7. The molecule has 0 saturated heterocycles. The molecule has 2 nitrogen and oxygen atoms in total. The molecule has 82 valence electrons. The van der Waals surface area contributed by atoms with E-state index in [1.807, 2.05) is 0 Å². The molecule has 0 spiro atoms. The van der Waals surface area contributed by atoms with Crippen molar-refractivity contribution in [3.8, 4) is 0 Å². The predicted octanol–water partition coefficient (Wildman–Crippen LogP) is 4.07. The van der Waals surface area contributed by atoms with Crippen LogP contribution in [-0.4, -0.2) is 5.78 Å². The summed E-state index contributed by atoms with van der Waals surface area (Å²) in [6.45, 7) is 0. The van der Waals surface area contributed by atoms with Gasteiger partial charge in [0.05, 0.1) is 17.4 Å². The van der Waals surface area contributed by atoms with Crippen molar-refractivity contribution in [2.45, 2.75) is 0 Å². The maximum atomic E-state index is 13.4. The van der Waals surface area contributed by atoms with Gasteiger partial charge in [0, 0.05) is 4.47 Å². The van der Waals surface area contributed by atoms with Crippen LogP contribution in [0, 0.1) is 5.82 Å². The van der Waals surface area contributed by atoms with Crippen LogP contribution in [0.25, 0.3) is 0 Å². The number of ketones is 1.